The number of benzene rings is 2. The number of aromatic nitrogens is 3. The molecule has 3 aliphatic rings. The van der Waals surface area contributed by atoms with E-state index in [9.17, 15) is 14.2 Å². The molecule has 2 saturated heterocycles. The van der Waals surface area contributed by atoms with Gasteiger partial charge in [0.05, 0.1) is 47.5 Å². The Morgan fingerprint density at radius 3 is 2.67 bits per heavy atom. The standard InChI is InChI=1S/C27H20ClF2N7O2S.C9H18NOP/c1-11(12-4-3-7-34-24(12)32)37-8-9-39-22-18-21(35-27(38-2)36-26(18)37)20(30)17(19(22)28)13-5-6-15(29)23-16(13)14(10-31)25(33)40-23;1-12(2,11)9-6-8-4-3-5-10(8)7-9/h3-7,11H,8-9,33H2,1-2H3,(H2,32,34);8-9H,3-7H2,1-2H3/t11-;/m1./s1. The van der Waals surface area contributed by atoms with Gasteiger partial charge in [0.2, 0.25) is 0 Å². The second-order valence-corrected chi connectivity index (χ2v) is 18.7. The fourth-order valence-electron chi connectivity index (χ4n) is 7.61. The van der Waals surface area contributed by atoms with Crippen molar-refractivity contribution in [2.45, 2.75) is 43.9 Å². The molecule has 3 atom stereocenters. The molecular formula is C36H38ClF2N8O3PS. The smallest absolute Gasteiger partial charge is 0.318 e. The molecular weight excluding hydrogens is 729 g/mol. The van der Waals surface area contributed by atoms with Crippen LogP contribution in [0, 0.1) is 23.0 Å². The number of rotatable bonds is 5. The molecule has 0 aliphatic carbocycles. The van der Waals surface area contributed by atoms with E-state index in [4.69, 9.17) is 32.5 Å². The van der Waals surface area contributed by atoms with Crippen LogP contribution in [-0.4, -0.2) is 78.2 Å². The molecule has 8 rings (SSSR count). The summed E-state index contributed by atoms with van der Waals surface area (Å²) in [6, 6.07) is 8.54. The predicted octanol–water partition coefficient (Wildman–Crippen LogP) is 7.69. The third-order valence-electron chi connectivity index (χ3n) is 10.3. The maximum absolute atomic E-state index is 16.6. The van der Waals surface area contributed by atoms with Crippen LogP contribution in [0.3, 0.4) is 0 Å². The number of anilines is 3. The van der Waals surface area contributed by atoms with E-state index in [1.54, 1.807) is 12.3 Å². The molecule has 0 spiro atoms. The lowest BCUT2D eigenvalue weighted by Crippen LogP contribution is -2.31. The minimum Gasteiger partial charge on any atom is -0.489 e. The lowest BCUT2D eigenvalue weighted by molar-refractivity contribution is 0.325. The molecule has 0 amide bonds. The Balaban J connectivity index is 0.000000295. The molecule has 272 valence electrons. The van der Waals surface area contributed by atoms with Gasteiger partial charge in [-0.1, -0.05) is 23.7 Å². The predicted molar refractivity (Wildman–Crippen MR) is 203 cm³/mol. The summed E-state index contributed by atoms with van der Waals surface area (Å²) in [5, 5.41) is 10.2. The first-order chi connectivity index (χ1) is 24.8. The van der Waals surface area contributed by atoms with Gasteiger partial charge >= 0.3 is 6.01 Å². The summed E-state index contributed by atoms with van der Waals surface area (Å²) < 4.78 is 54.8. The van der Waals surface area contributed by atoms with E-state index in [0.29, 0.717) is 23.8 Å². The number of nitrogen functional groups attached to an aromatic ring is 2. The number of nitriles is 1. The van der Waals surface area contributed by atoms with Gasteiger partial charge < -0.3 is 30.4 Å². The average molecular weight is 767 g/mol. The van der Waals surface area contributed by atoms with Crippen LogP contribution < -0.4 is 25.8 Å². The van der Waals surface area contributed by atoms with Gasteiger partial charge in [0.25, 0.3) is 0 Å². The van der Waals surface area contributed by atoms with E-state index in [0.717, 1.165) is 29.5 Å². The van der Waals surface area contributed by atoms with E-state index in [1.165, 1.54) is 45.0 Å². The molecule has 3 aromatic heterocycles. The Hall–Kier alpha value is -4.28. The molecule has 0 bridgehead atoms. The van der Waals surface area contributed by atoms with Crippen molar-refractivity contribution in [1.29, 1.82) is 5.26 Å². The Morgan fingerprint density at radius 2 is 1.98 bits per heavy atom. The number of halogens is 3. The monoisotopic (exact) mass is 766 g/mol. The second kappa shape index (κ2) is 13.9. The van der Waals surface area contributed by atoms with Gasteiger partial charge in [0, 0.05) is 41.0 Å². The van der Waals surface area contributed by atoms with Gasteiger partial charge in [-0.2, -0.15) is 15.2 Å². The van der Waals surface area contributed by atoms with Crippen molar-refractivity contribution in [2.24, 2.45) is 0 Å². The van der Waals surface area contributed by atoms with Crippen LogP contribution in [0.2, 0.25) is 5.02 Å². The molecule has 0 radical (unpaired) electrons. The quantitative estimate of drug-likeness (QED) is 0.169. The van der Waals surface area contributed by atoms with E-state index < -0.39 is 18.8 Å². The van der Waals surface area contributed by atoms with Crippen molar-refractivity contribution >= 4 is 67.7 Å². The summed E-state index contributed by atoms with van der Waals surface area (Å²) in [7, 11) is -0.434. The lowest BCUT2D eigenvalue weighted by atomic mass is 9.96. The lowest BCUT2D eigenvalue weighted by Gasteiger charge is -2.30. The maximum atomic E-state index is 16.6. The normalized spacial score (nSPS) is 19.1. The first-order valence-corrected chi connectivity index (χ1v) is 20.8. The molecule has 5 aromatic rings. The third kappa shape index (κ3) is 6.17. The van der Waals surface area contributed by atoms with Crippen molar-refractivity contribution < 1.29 is 22.8 Å². The van der Waals surface area contributed by atoms with Crippen LogP contribution in [-0.2, 0) is 4.57 Å². The van der Waals surface area contributed by atoms with Crippen molar-refractivity contribution in [2.75, 3.05) is 63.0 Å². The molecule has 2 fully saturated rings. The van der Waals surface area contributed by atoms with Gasteiger partial charge in [-0.25, -0.2) is 13.8 Å². The Morgan fingerprint density at radius 1 is 1.19 bits per heavy atom. The second-order valence-electron chi connectivity index (χ2n) is 13.7. The zero-order valence-electron chi connectivity index (χ0n) is 29.1. The SMILES string of the molecule is COc1nc2c3c(c(Cl)c(-c4ccc(F)c5sc(N)c(C#N)c45)c(F)c3n1)OCCN2[C@H](C)c1cccnc1N.CP(C)(=O)C1CC2CCCN2C1. The molecule has 0 saturated carbocycles. The Labute approximate surface area is 308 Å². The van der Waals surface area contributed by atoms with Crippen LogP contribution in [0.15, 0.2) is 30.5 Å². The minimum atomic E-state index is -1.81. The highest BCUT2D eigenvalue weighted by Gasteiger charge is 2.40. The molecule has 2 aromatic carbocycles. The van der Waals surface area contributed by atoms with Crippen LogP contribution in [0.25, 0.3) is 32.1 Å². The van der Waals surface area contributed by atoms with Gasteiger partial charge in [-0.15, -0.1) is 11.3 Å². The highest BCUT2D eigenvalue weighted by molar-refractivity contribution is 7.63. The maximum Gasteiger partial charge on any atom is 0.318 e. The third-order valence-corrected chi connectivity index (χ3v) is 13.9. The zero-order chi connectivity index (χ0) is 37.1. The first kappa shape index (κ1) is 36.1. The van der Waals surface area contributed by atoms with E-state index >= 15 is 4.39 Å². The summed E-state index contributed by atoms with van der Waals surface area (Å²) in [5.41, 5.74) is 13.4. The zero-order valence-corrected chi connectivity index (χ0v) is 31.6. The highest BCUT2D eigenvalue weighted by atomic mass is 35.5. The van der Waals surface area contributed by atoms with E-state index in [-0.39, 0.29) is 72.1 Å². The molecule has 11 nitrogen and oxygen atoms in total. The topological polar surface area (TPSA) is 157 Å². The molecule has 3 aliphatic heterocycles. The number of thiophene rings is 1. The average Bonchev–Trinajstić information content (AvgIpc) is 3.79. The van der Waals surface area contributed by atoms with E-state index in [2.05, 4.69) is 19.9 Å². The number of methoxy groups -OCH3 is 1. The Bertz CT molecular complexity index is 2300. The molecule has 4 N–H and O–H groups in total. The number of nitrogens with zero attached hydrogens (tertiary/aromatic N) is 6. The van der Waals surface area contributed by atoms with Crippen molar-refractivity contribution in [1.82, 2.24) is 19.9 Å². The van der Waals surface area contributed by atoms with Crippen molar-refractivity contribution in [3.05, 3.63) is 58.2 Å². The Kier molecular flexibility index (Phi) is 9.67. The summed E-state index contributed by atoms with van der Waals surface area (Å²) >= 11 is 7.79. The van der Waals surface area contributed by atoms with Gasteiger partial charge in [-0.3, -0.25) is 4.90 Å². The van der Waals surface area contributed by atoms with Crippen LogP contribution >= 0.6 is 30.1 Å². The van der Waals surface area contributed by atoms with Crippen LogP contribution in [0.5, 0.6) is 11.8 Å². The number of hydrogen-bond donors (Lipinski definition) is 2. The van der Waals surface area contributed by atoms with Gasteiger partial charge in [-0.05, 0) is 63.8 Å². The van der Waals surface area contributed by atoms with Crippen LogP contribution in [0.4, 0.5) is 25.4 Å². The van der Waals surface area contributed by atoms with Crippen molar-refractivity contribution in [3.63, 3.8) is 0 Å². The fraction of sp³-hybridized carbons (Fsp3) is 0.389. The van der Waals surface area contributed by atoms with Gasteiger partial charge in [0.1, 0.15) is 40.6 Å². The van der Waals surface area contributed by atoms with Crippen molar-refractivity contribution in [3.8, 4) is 29.0 Å². The fourth-order valence-corrected chi connectivity index (χ4v) is 10.2. The molecule has 2 unspecified atom stereocenters. The number of nitrogens with two attached hydrogens (primary N) is 2. The summed E-state index contributed by atoms with van der Waals surface area (Å²) in [4.78, 5) is 17.5. The molecule has 52 heavy (non-hydrogen) atoms. The first-order valence-electron chi connectivity index (χ1n) is 16.9. The number of hydrogen-bond acceptors (Lipinski definition) is 12. The highest BCUT2D eigenvalue weighted by Crippen LogP contribution is 2.52. The number of pyridine rings is 1. The summed E-state index contributed by atoms with van der Waals surface area (Å²) in [6.07, 6.45) is 5.50. The molecule has 16 heteroatoms. The van der Waals surface area contributed by atoms with Crippen LogP contribution in [0.1, 0.15) is 43.4 Å². The largest absolute Gasteiger partial charge is 0.489 e. The molecule has 6 heterocycles. The number of fused-ring (bicyclic) bond motifs is 2. The number of ether oxygens (including phenoxy) is 2. The van der Waals surface area contributed by atoms with Gasteiger partial charge in [0.15, 0.2) is 11.6 Å². The van der Waals surface area contributed by atoms with E-state index in [1.807, 2.05) is 37.3 Å². The summed E-state index contributed by atoms with van der Waals surface area (Å²) in [6.45, 7) is 8.67. The minimum absolute atomic E-state index is 0.0341. The summed E-state index contributed by atoms with van der Waals surface area (Å²) in [5.74, 6) is -0.570.